The Morgan fingerprint density at radius 1 is 1.22 bits per heavy atom. The monoisotopic (exact) mass is 253 g/mol. The van der Waals surface area contributed by atoms with E-state index in [0.29, 0.717) is 38.5 Å². The molecule has 0 aromatic heterocycles. The highest BCUT2D eigenvalue weighted by Gasteiger charge is 2.25. The fraction of sp³-hybridized carbons (Fsp3) is 0.846. The minimum Gasteiger partial charge on any atom is -0.342 e. The molecular formula is C13H23N3O2. The summed E-state index contributed by atoms with van der Waals surface area (Å²) in [5.74, 6) is 0.779. The molecule has 0 bridgehead atoms. The molecule has 0 aromatic rings. The van der Waals surface area contributed by atoms with Gasteiger partial charge >= 0.3 is 0 Å². The third-order valence-corrected chi connectivity index (χ3v) is 4.00. The van der Waals surface area contributed by atoms with E-state index in [-0.39, 0.29) is 5.91 Å². The van der Waals surface area contributed by atoms with Gasteiger partial charge in [-0.05, 0) is 32.4 Å². The van der Waals surface area contributed by atoms with Crippen molar-refractivity contribution in [1.82, 2.24) is 14.7 Å². The van der Waals surface area contributed by atoms with Crippen LogP contribution in [0.3, 0.4) is 0 Å². The van der Waals surface area contributed by atoms with Crippen LogP contribution in [0.1, 0.15) is 19.3 Å². The van der Waals surface area contributed by atoms with Gasteiger partial charge in [0.1, 0.15) is 0 Å². The fourth-order valence-corrected chi connectivity index (χ4v) is 2.89. The molecule has 1 atom stereocenters. The molecule has 2 aliphatic heterocycles. The minimum atomic E-state index is 0.265. The first-order valence-electron chi connectivity index (χ1n) is 6.84. The summed E-state index contributed by atoms with van der Waals surface area (Å²) < 4.78 is 0. The van der Waals surface area contributed by atoms with Crippen molar-refractivity contribution in [2.45, 2.75) is 19.3 Å². The lowest BCUT2D eigenvalue weighted by Crippen LogP contribution is -2.48. The van der Waals surface area contributed by atoms with Crippen molar-refractivity contribution >= 4 is 12.3 Å². The van der Waals surface area contributed by atoms with E-state index in [0.717, 1.165) is 19.5 Å². The number of likely N-dealkylation sites (tertiary alicyclic amines) is 1. The molecule has 5 heteroatoms. The second-order valence-corrected chi connectivity index (χ2v) is 5.50. The van der Waals surface area contributed by atoms with E-state index in [1.807, 2.05) is 4.90 Å². The smallest absolute Gasteiger partial charge is 0.223 e. The van der Waals surface area contributed by atoms with E-state index >= 15 is 0 Å². The largest absolute Gasteiger partial charge is 0.342 e. The first-order valence-corrected chi connectivity index (χ1v) is 6.84. The van der Waals surface area contributed by atoms with Gasteiger partial charge in [0.25, 0.3) is 0 Å². The predicted octanol–water partition coefficient (Wildman–Crippen LogP) is 0.0189. The van der Waals surface area contributed by atoms with E-state index < -0.39 is 0 Å². The number of carbonyl (C=O) groups is 2. The van der Waals surface area contributed by atoms with Crippen molar-refractivity contribution in [2.75, 3.05) is 46.3 Å². The van der Waals surface area contributed by atoms with E-state index in [2.05, 4.69) is 11.9 Å². The predicted molar refractivity (Wildman–Crippen MR) is 69.1 cm³/mol. The zero-order chi connectivity index (χ0) is 13.0. The lowest BCUT2D eigenvalue weighted by Gasteiger charge is -2.35. The van der Waals surface area contributed by atoms with Crippen LogP contribution in [0.5, 0.6) is 0 Å². The fourth-order valence-electron chi connectivity index (χ4n) is 2.89. The van der Waals surface area contributed by atoms with Crippen LogP contribution in [0.4, 0.5) is 0 Å². The minimum absolute atomic E-state index is 0.265. The van der Waals surface area contributed by atoms with Crippen molar-refractivity contribution in [2.24, 2.45) is 5.92 Å². The summed E-state index contributed by atoms with van der Waals surface area (Å²) in [7, 11) is 2.12. The van der Waals surface area contributed by atoms with Crippen LogP contribution in [0.2, 0.25) is 0 Å². The zero-order valence-corrected chi connectivity index (χ0v) is 11.2. The third-order valence-electron chi connectivity index (χ3n) is 4.00. The summed E-state index contributed by atoms with van der Waals surface area (Å²) in [5.41, 5.74) is 0. The van der Waals surface area contributed by atoms with Crippen molar-refractivity contribution in [3.63, 3.8) is 0 Å². The number of amides is 2. The second kappa shape index (κ2) is 6.18. The Hall–Kier alpha value is -1.10. The van der Waals surface area contributed by atoms with Gasteiger partial charge in [-0.15, -0.1) is 0 Å². The summed E-state index contributed by atoms with van der Waals surface area (Å²) >= 11 is 0. The Bertz CT molecular complexity index is 301. The van der Waals surface area contributed by atoms with Gasteiger partial charge < -0.3 is 14.7 Å². The highest BCUT2D eigenvalue weighted by molar-refractivity contribution is 5.76. The zero-order valence-electron chi connectivity index (χ0n) is 11.2. The topological polar surface area (TPSA) is 43.9 Å². The van der Waals surface area contributed by atoms with Gasteiger partial charge in [0.05, 0.1) is 0 Å². The maximum Gasteiger partial charge on any atom is 0.223 e. The highest BCUT2D eigenvalue weighted by Crippen LogP contribution is 2.19. The molecule has 2 saturated heterocycles. The van der Waals surface area contributed by atoms with Gasteiger partial charge in [0.15, 0.2) is 0 Å². The van der Waals surface area contributed by atoms with Crippen LogP contribution >= 0.6 is 0 Å². The summed E-state index contributed by atoms with van der Waals surface area (Å²) in [6.07, 6.45) is 3.92. The number of hydrogen-bond donors (Lipinski definition) is 0. The number of piperazine rings is 1. The number of rotatable bonds is 3. The van der Waals surface area contributed by atoms with E-state index in [1.165, 1.54) is 12.8 Å². The molecule has 0 aliphatic carbocycles. The molecule has 2 fully saturated rings. The molecule has 0 radical (unpaired) electrons. The van der Waals surface area contributed by atoms with E-state index in [9.17, 15) is 9.59 Å². The Labute approximate surface area is 109 Å². The normalized spacial score (nSPS) is 26.2. The molecule has 102 valence electrons. The lowest BCUT2D eigenvalue weighted by atomic mass is 9.94. The van der Waals surface area contributed by atoms with E-state index in [4.69, 9.17) is 0 Å². The van der Waals surface area contributed by atoms with Crippen LogP contribution < -0.4 is 0 Å². The average molecular weight is 253 g/mol. The third kappa shape index (κ3) is 3.45. The molecule has 1 unspecified atom stereocenters. The van der Waals surface area contributed by atoms with Gasteiger partial charge in [-0.3, -0.25) is 9.59 Å². The number of carbonyl (C=O) groups excluding carboxylic acids is 2. The van der Waals surface area contributed by atoms with Gasteiger partial charge in [0.2, 0.25) is 12.3 Å². The summed E-state index contributed by atoms with van der Waals surface area (Å²) in [6, 6.07) is 0. The van der Waals surface area contributed by atoms with Crippen molar-refractivity contribution < 1.29 is 9.59 Å². The van der Waals surface area contributed by atoms with Crippen molar-refractivity contribution in [1.29, 1.82) is 0 Å². The van der Waals surface area contributed by atoms with Crippen LogP contribution in [0.25, 0.3) is 0 Å². The van der Waals surface area contributed by atoms with Crippen LogP contribution in [0, 0.1) is 5.92 Å². The maximum atomic E-state index is 12.2. The second-order valence-electron chi connectivity index (χ2n) is 5.50. The molecular weight excluding hydrogens is 230 g/mol. The molecule has 2 heterocycles. The molecule has 5 nitrogen and oxygen atoms in total. The first-order chi connectivity index (χ1) is 8.69. The Morgan fingerprint density at radius 3 is 2.56 bits per heavy atom. The summed E-state index contributed by atoms with van der Waals surface area (Å²) in [4.78, 5) is 28.7. The Kier molecular flexibility index (Phi) is 4.58. The average Bonchev–Trinajstić information content (AvgIpc) is 2.39. The lowest BCUT2D eigenvalue weighted by molar-refractivity contribution is -0.136. The molecule has 0 spiro atoms. The molecule has 0 aromatic carbocycles. The maximum absolute atomic E-state index is 12.2. The van der Waals surface area contributed by atoms with E-state index in [1.54, 1.807) is 4.90 Å². The summed E-state index contributed by atoms with van der Waals surface area (Å²) in [5, 5.41) is 0. The highest BCUT2D eigenvalue weighted by atomic mass is 16.2. The Morgan fingerprint density at radius 2 is 1.94 bits per heavy atom. The standard InChI is InChI=1S/C13H23N3O2/c1-14-4-2-3-12(10-14)9-13(18)16-7-5-15(11-17)6-8-16/h11-12H,2-10H2,1H3. The quantitative estimate of drug-likeness (QED) is 0.666. The number of piperidine rings is 1. The Balaban J connectivity index is 1.76. The number of hydrogen-bond acceptors (Lipinski definition) is 3. The van der Waals surface area contributed by atoms with Crippen molar-refractivity contribution in [3.05, 3.63) is 0 Å². The van der Waals surface area contributed by atoms with Crippen LogP contribution in [-0.2, 0) is 9.59 Å². The molecule has 0 N–H and O–H groups in total. The molecule has 18 heavy (non-hydrogen) atoms. The van der Waals surface area contributed by atoms with Crippen LogP contribution in [-0.4, -0.2) is 73.3 Å². The first kappa shape index (κ1) is 13.3. The molecule has 2 amide bonds. The number of nitrogens with zero attached hydrogens (tertiary/aromatic N) is 3. The van der Waals surface area contributed by atoms with Crippen molar-refractivity contribution in [3.8, 4) is 0 Å². The van der Waals surface area contributed by atoms with Gasteiger partial charge in [0, 0.05) is 39.1 Å². The summed E-state index contributed by atoms with van der Waals surface area (Å²) in [6.45, 7) is 4.95. The van der Waals surface area contributed by atoms with Gasteiger partial charge in [-0.1, -0.05) is 0 Å². The SMILES string of the molecule is CN1CCCC(CC(=O)N2CCN(C=O)CC2)C1. The van der Waals surface area contributed by atoms with Gasteiger partial charge in [-0.2, -0.15) is 0 Å². The molecule has 2 aliphatic rings. The molecule has 0 saturated carbocycles. The van der Waals surface area contributed by atoms with Gasteiger partial charge in [-0.25, -0.2) is 0 Å². The molecule has 2 rings (SSSR count). The van der Waals surface area contributed by atoms with Crippen LogP contribution in [0.15, 0.2) is 0 Å².